The minimum atomic E-state index is -0.227. The average Bonchev–Trinajstić information content (AvgIpc) is 2.62. The zero-order valence-corrected chi connectivity index (χ0v) is 19.5. The van der Waals surface area contributed by atoms with Crippen LogP contribution in [0.1, 0.15) is 69.4 Å². The molecule has 0 aliphatic heterocycles. The van der Waals surface area contributed by atoms with Crippen LogP contribution in [0.25, 0.3) is 0 Å². The maximum absolute atomic E-state index is 12.1. The summed E-state index contributed by atoms with van der Waals surface area (Å²) in [4.78, 5) is 12.1. The number of phenols is 1. The van der Waals surface area contributed by atoms with E-state index < -0.39 is 0 Å². The Labute approximate surface area is 180 Å². The number of aryl methyl sites for hydroxylation is 2. The van der Waals surface area contributed by atoms with Crippen LogP contribution in [0.3, 0.4) is 0 Å². The number of aromatic hydroxyl groups is 1. The van der Waals surface area contributed by atoms with E-state index >= 15 is 0 Å². The standard InChI is InChI=1S/C25H35N3O2/c1-16-9-10-19(11-17(16)2)26-15-22(29)28-27-14-18-12-20(24(3,4)5)23(30)21(13-18)25(6,7)8/h9-14,26,30H,15H2,1-8H3,(H,28,29)/b27-14-. The van der Waals surface area contributed by atoms with E-state index in [9.17, 15) is 9.90 Å². The molecule has 3 N–H and O–H groups in total. The molecule has 0 saturated heterocycles. The normalized spacial score (nSPS) is 12.3. The smallest absolute Gasteiger partial charge is 0.259 e. The first-order chi connectivity index (χ1) is 13.8. The van der Waals surface area contributed by atoms with Crippen molar-refractivity contribution in [2.45, 2.75) is 66.2 Å². The number of carbonyl (C=O) groups is 1. The van der Waals surface area contributed by atoms with Crippen molar-refractivity contribution in [1.82, 2.24) is 5.43 Å². The van der Waals surface area contributed by atoms with Gasteiger partial charge in [-0.2, -0.15) is 5.10 Å². The second kappa shape index (κ2) is 8.90. The Bertz CT molecular complexity index is 913. The quantitative estimate of drug-likeness (QED) is 0.471. The number of carbonyl (C=O) groups excluding carboxylic acids is 1. The van der Waals surface area contributed by atoms with Gasteiger partial charge in [0, 0.05) is 16.8 Å². The Morgan fingerprint density at radius 3 is 2.03 bits per heavy atom. The maximum Gasteiger partial charge on any atom is 0.259 e. The maximum atomic E-state index is 12.1. The molecule has 0 bridgehead atoms. The zero-order valence-electron chi connectivity index (χ0n) is 19.5. The molecule has 0 radical (unpaired) electrons. The largest absolute Gasteiger partial charge is 0.507 e. The number of rotatable bonds is 5. The Balaban J connectivity index is 2.11. The van der Waals surface area contributed by atoms with E-state index in [0.29, 0.717) is 5.75 Å². The van der Waals surface area contributed by atoms with Crippen LogP contribution in [0.15, 0.2) is 35.4 Å². The summed E-state index contributed by atoms with van der Waals surface area (Å²) in [7, 11) is 0. The van der Waals surface area contributed by atoms with Crippen LogP contribution in [-0.2, 0) is 15.6 Å². The molecule has 162 valence electrons. The van der Waals surface area contributed by atoms with Crippen molar-refractivity contribution in [2.75, 3.05) is 11.9 Å². The SMILES string of the molecule is Cc1ccc(NCC(=O)N/N=C\c2cc(C(C)(C)C)c(O)c(C(C)(C)C)c2)cc1C. The number of nitrogens with one attached hydrogen (secondary N) is 2. The molecule has 0 fully saturated rings. The molecule has 5 nitrogen and oxygen atoms in total. The van der Waals surface area contributed by atoms with E-state index in [1.165, 1.54) is 11.1 Å². The molecule has 1 amide bonds. The minimum Gasteiger partial charge on any atom is -0.507 e. The van der Waals surface area contributed by atoms with Gasteiger partial charge >= 0.3 is 0 Å². The summed E-state index contributed by atoms with van der Waals surface area (Å²) in [5.41, 5.74) is 7.99. The van der Waals surface area contributed by atoms with E-state index in [4.69, 9.17) is 0 Å². The Morgan fingerprint density at radius 2 is 1.53 bits per heavy atom. The van der Waals surface area contributed by atoms with Gasteiger partial charge in [-0.15, -0.1) is 0 Å². The Hall–Kier alpha value is -2.82. The van der Waals surface area contributed by atoms with Crippen molar-refractivity contribution in [2.24, 2.45) is 5.10 Å². The van der Waals surface area contributed by atoms with Gasteiger partial charge in [-0.25, -0.2) is 5.43 Å². The fourth-order valence-corrected chi connectivity index (χ4v) is 3.13. The highest BCUT2D eigenvalue weighted by Gasteiger charge is 2.26. The van der Waals surface area contributed by atoms with E-state index in [1.54, 1.807) is 6.21 Å². The molecule has 2 aromatic carbocycles. The van der Waals surface area contributed by atoms with Gasteiger partial charge in [0.25, 0.3) is 5.91 Å². The summed E-state index contributed by atoms with van der Waals surface area (Å²) in [5, 5.41) is 18.0. The van der Waals surface area contributed by atoms with Crippen molar-refractivity contribution < 1.29 is 9.90 Å². The first-order valence-electron chi connectivity index (χ1n) is 10.3. The molecule has 0 spiro atoms. The highest BCUT2D eigenvalue weighted by atomic mass is 16.3. The van der Waals surface area contributed by atoms with Crippen LogP contribution in [0.5, 0.6) is 5.75 Å². The minimum absolute atomic E-state index is 0.135. The lowest BCUT2D eigenvalue weighted by molar-refractivity contribution is -0.119. The zero-order chi connectivity index (χ0) is 22.7. The van der Waals surface area contributed by atoms with Gasteiger partial charge < -0.3 is 10.4 Å². The summed E-state index contributed by atoms with van der Waals surface area (Å²) >= 11 is 0. The predicted octanol–water partition coefficient (Wildman–Crippen LogP) is 5.17. The monoisotopic (exact) mass is 409 g/mol. The molecule has 0 heterocycles. The van der Waals surface area contributed by atoms with Gasteiger partial charge in [0.1, 0.15) is 5.75 Å². The third-order valence-corrected chi connectivity index (χ3v) is 5.11. The summed E-state index contributed by atoms with van der Waals surface area (Å²) in [6, 6.07) is 9.85. The lowest BCUT2D eigenvalue weighted by atomic mass is 9.78. The van der Waals surface area contributed by atoms with Gasteiger partial charge in [0.2, 0.25) is 0 Å². The fraction of sp³-hybridized carbons (Fsp3) is 0.440. The molecular formula is C25H35N3O2. The summed E-state index contributed by atoms with van der Waals surface area (Å²) in [6.45, 7) is 16.6. The number of anilines is 1. The van der Waals surface area contributed by atoms with Crippen molar-refractivity contribution >= 4 is 17.8 Å². The summed E-state index contributed by atoms with van der Waals surface area (Å²) in [5.74, 6) is 0.101. The van der Waals surface area contributed by atoms with E-state index in [1.807, 2.05) is 37.3 Å². The molecule has 5 heteroatoms. The first kappa shape index (κ1) is 23.5. The molecule has 2 rings (SSSR count). The van der Waals surface area contributed by atoms with Crippen LogP contribution >= 0.6 is 0 Å². The van der Waals surface area contributed by atoms with E-state index in [0.717, 1.165) is 22.4 Å². The molecule has 0 atom stereocenters. The number of hydrazone groups is 1. The van der Waals surface area contributed by atoms with Crippen molar-refractivity contribution in [3.05, 3.63) is 58.1 Å². The van der Waals surface area contributed by atoms with Crippen LogP contribution in [0, 0.1) is 13.8 Å². The Kier molecular flexibility index (Phi) is 6.96. The number of benzene rings is 2. The van der Waals surface area contributed by atoms with Crippen LogP contribution in [0.4, 0.5) is 5.69 Å². The van der Waals surface area contributed by atoms with Gasteiger partial charge in [0.05, 0.1) is 12.8 Å². The summed E-state index contributed by atoms with van der Waals surface area (Å²) in [6.07, 6.45) is 1.62. The fourth-order valence-electron chi connectivity index (χ4n) is 3.13. The number of nitrogens with zero attached hydrogens (tertiary/aromatic N) is 1. The second-order valence-electron chi connectivity index (χ2n) is 9.91. The third kappa shape index (κ3) is 6.09. The molecular weight excluding hydrogens is 374 g/mol. The molecule has 0 saturated carbocycles. The number of hydrogen-bond acceptors (Lipinski definition) is 4. The average molecular weight is 410 g/mol. The van der Waals surface area contributed by atoms with Gasteiger partial charge in [-0.05, 0) is 65.6 Å². The topological polar surface area (TPSA) is 73.7 Å². The molecule has 0 aromatic heterocycles. The van der Waals surface area contributed by atoms with Crippen molar-refractivity contribution in [1.29, 1.82) is 0 Å². The van der Waals surface area contributed by atoms with Crippen LogP contribution in [0.2, 0.25) is 0 Å². The predicted molar refractivity (Wildman–Crippen MR) is 126 cm³/mol. The lowest BCUT2D eigenvalue weighted by Crippen LogP contribution is -2.26. The van der Waals surface area contributed by atoms with Gasteiger partial charge in [-0.3, -0.25) is 4.79 Å². The highest BCUT2D eigenvalue weighted by molar-refractivity contribution is 5.85. The van der Waals surface area contributed by atoms with Crippen LogP contribution in [-0.4, -0.2) is 23.8 Å². The van der Waals surface area contributed by atoms with Gasteiger partial charge in [0.15, 0.2) is 0 Å². The number of phenolic OH excluding ortho intramolecular Hbond substituents is 1. The number of amides is 1. The molecule has 2 aromatic rings. The van der Waals surface area contributed by atoms with Gasteiger partial charge in [-0.1, -0.05) is 47.6 Å². The highest BCUT2D eigenvalue weighted by Crippen LogP contribution is 2.39. The Morgan fingerprint density at radius 1 is 0.967 bits per heavy atom. The third-order valence-electron chi connectivity index (χ3n) is 5.11. The molecule has 30 heavy (non-hydrogen) atoms. The second-order valence-corrected chi connectivity index (χ2v) is 9.91. The van der Waals surface area contributed by atoms with E-state index in [2.05, 4.69) is 64.3 Å². The van der Waals surface area contributed by atoms with E-state index in [-0.39, 0.29) is 23.3 Å². The number of hydrogen-bond donors (Lipinski definition) is 3. The summed E-state index contributed by atoms with van der Waals surface area (Å²) < 4.78 is 0. The first-order valence-corrected chi connectivity index (χ1v) is 10.3. The lowest BCUT2D eigenvalue weighted by Gasteiger charge is -2.27. The van der Waals surface area contributed by atoms with Crippen molar-refractivity contribution in [3.63, 3.8) is 0 Å². The molecule has 0 unspecified atom stereocenters. The molecule has 0 aliphatic carbocycles. The molecule has 0 aliphatic rings. The van der Waals surface area contributed by atoms with Crippen LogP contribution < -0.4 is 10.7 Å². The van der Waals surface area contributed by atoms with Crippen molar-refractivity contribution in [3.8, 4) is 5.75 Å².